The summed E-state index contributed by atoms with van der Waals surface area (Å²) in [6.07, 6.45) is 5.63. The van der Waals surface area contributed by atoms with Crippen LogP contribution in [0.4, 0.5) is 10.9 Å². The summed E-state index contributed by atoms with van der Waals surface area (Å²) in [4.78, 5) is 13.7. The number of benzene rings is 1. The number of hydrogen-bond acceptors (Lipinski definition) is 9. The average molecular weight is 487 g/mol. The van der Waals surface area contributed by atoms with Gasteiger partial charge in [0.2, 0.25) is 11.1 Å². The minimum atomic E-state index is -0.235. The number of carbonyl (C=O) groups is 1. The van der Waals surface area contributed by atoms with E-state index in [1.54, 1.807) is 18.3 Å². The molecular weight excluding hydrogens is 468 g/mol. The maximum Gasteiger partial charge on any atom is 0.264 e. The van der Waals surface area contributed by atoms with E-state index in [0.29, 0.717) is 20.7 Å². The van der Waals surface area contributed by atoms with Crippen LogP contribution in [0.25, 0.3) is 0 Å². The first-order chi connectivity index (χ1) is 15.5. The highest BCUT2D eigenvalue weighted by atomic mass is 35.5. The fraction of sp³-hybridized carbons (Fsp3) is 0.250. The Bertz CT molecular complexity index is 1210. The number of hydrogen-bond donors (Lipinski definition) is 3. The number of nitrogen functional groups attached to an aromatic ring is 1. The number of aryl methyl sites for hydroxylation is 1. The highest BCUT2D eigenvalue weighted by molar-refractivity contribution is 7.99. The molecule has 0 bridgehead atoms. The predicted molar refractivity (Wildman–Crippen MR) is 128 cm³/mol. The van der Waals surface area contributed by atoms with Crippen molar-refractivity contribution in [1.29, 1.82) is 5.26 Å². The third-order valence-corrected chi connectivity index (χ3v) is 7.15. The lowest BCUT2D eigenvalue weighted by molar-refractivity contribution is -0.113. The zero-order valence-electron chi connectivity index (χ0n) is 16.8. The van der Waals surface area contributed by atoms with E-state index in [9.17, 15) is 10.1 Å². The third kappa shape index (κ3) is 5.04. The largest absolute Gasteiger partial charge is 0.334 e. The zero-order valence-corrected chi connectivity index (χ0v) is 19.2. The van der Waals surface area contributed by atoms with Crippen molar-refractivity contribution in [1.82, 2.24) is 14.9 Å². The first-order valence-electron chi connectivity index (χ1n) is 9.77. The van der Waals surface area contributed by atoms with Gasteiger partial charge in [0.25, 0.3) is 5.95 Å². The van der Waals surface area contributed by atoms with Gasteiger partial charge in [0.05, 0.1) is 17.5 Å². The molecular formula is C20H19ClN8OS2. The quantitative estimate of drug-likeness (QED) is 0.201. The molecule has 2 aromatic heterocycles. The second-order valence-electron chi connectivity index (χ2n) is 6.96. The SMILES string of the molecule is N#Cc1c(NC(=O)CSc2nnc(N/N=C/c3cccc(Cl)c3)n2N)sc2c1CCCC2. The summed E-state index contributed by atoms with van der Waals surface area (Å²) >= 11 is 8.58. The van der Waals surface area contributed by atoms with Crippen molar-refractivity contribution in [2.45, 2.75) is 30.8 Å². The smallest absolute Gasteiger partial charge is 0.264 e. The Morgan fingerprint density at radius 2 is 2.25 bits per heavy atom. The maximum atomic E-state index is 12.5. The van der Waals surface area contributed by atoms with Gasteiger partial charge in [-0.25, -0.2) is 10.1 Å². The zero-order chi connectivity index (χ0) is 22.5. The van der Waals surface area contributed by atoms with E-state index >= 15 is 0 Å². The van der Waals surface area contributed by atoms with Crippen LogP contribution in [0.15, 0.2) is 34.5 Å². The van der Waals surface area contributed by atoms with Crippen molar-refractivity contribution >= 4 is 57.8 Å². The van der Waals surface area contributed by atoms with Gasteiger partial charge in [-0.05, 0) is 48.9 Å². The van der Waals surface area contributed by atoms with Gasteiger partial charge in [-0.2, -0.15) is 10.4 Å². The summed E-state index contributed by atoms with van der Waals surface area (Å²) in [7, 11) is 0. The summed E-state index contributed by atoms with van der Waals surface area (Å²) in [5, 5.41) is 26.0. The molecule has 0 atom stereocenters. The van der Waals surface area contributed by atoms with Crippen LogP contribution >= 0.6 is 34.7 Å². The van der Waals surface area contributed by atoms with E-state index in [4.69, 9.17) is 17.4 Å². The minimum Gasteiger partial charge on any atom is -0.334 e. The molecule has 1 aliphatic rings. The molecule has 9 nitrogen and oxygen atoms in total. The Labute approximate surface area is 197 Å². The summed E-state index contributed by atoms with van der Waals surface area (Å²) < 4.78 is 1.22. The normalized spacial score (nSPS) is 13.0. The second-order valence-corrected chi connectivity index (χ2v) is 9.45. The Balaban J connectivity index is 1.34. The number of carbonyl (C=O) groups excluding carboxylic acids is 1. The van der Waals surface area contributed by atoms with E-state index < -0.39 is 0 Å². The van der Waals surface area contributed by atoms with Crippen molar-refractivity contribution in [3.8, 4) is 6.07 Å². The highest BCUT2D eigenvalue weighted by Gasteiger charge is 2.22. The number of aromatic nitrogens is 3. The number of thiophene rings is 1. The van der Waals surface area contributed by atoms with Gasteiger partial charge < -0.3 is 11.2 Å². The average Bonchev–Trinajstić information content (AvgIpc) is 3.31. The van der Waals surface area contributed by atoms with Gasteiger partial charge in [-0.1, -0.05) is 35.5 Å². The summed E-state index contributed by atoms with van der Waals surface area (Å²) in [5.41, 5.74) is 5.20. The number of fused-ring (bicyclic) bond motifs is 1. The number of nitrogens with zero attached hydrogens (tertiary/aromatic N) is 5. The Morgan fingerprint density at radius 3 is 3.06 bits per heavy atom. The maximum absolute atomic E-state index is 12.5. The fourth-order valence-electron chi connectivity index (χ4n) is 3.27. The molecule has 0 aliphatic heterocycles. The number of thioether (sulfide) groups is 1. The van der Waals surface area contributed by atoms with Crippen LogP contribution < -0.4 is 16.6 Å². The van der Waals surface area contributed by atoms with E-state index in [1.165, 1.54) is 20.9 Å². The highest BCUT2D eigenvalue weighted by Crippen LogP contribution is 2.37. The van der Waals surface area contributed by atoms with Crippen LogP contribution in [0, 0.1) is 11.3 Å². The topological polar surface area (TPSA) is 134 Å². The van der Waals surface area contributed by atoms with Crippen LogP contribution in [0.5, 0.6) is 0 Å². The molecule has 1 aromatic carbocycles. The van der Waals surface area contributed by atoms with Crippen molar-refractivity contribution in [3.05, 3.63) is 50.9 Å². The summed E-state index contributed by atoms with van der Waals surface area (Å²) in [6.45, 7) is 0. The Kier molecular flexibility index (Phi) is 6.94. The molecule has 2 heterocycles. The molecule has 0 fully saturated rings. The van der Waals surface area contributed by atoms with Crippen LogP contribution in [-0.2, 0) is 17.6 Å². The second kappa shape index (κ2) is 10.0. The molecule has 32 heavy (non-hydrogen) atoms. The number of halogens is 1. The van der Waals surface area contributed by atoms with E-state index in [-0.39, 0.29) is 17.6 Å². The van der Waals surface area contributed by atoms with Crippen molar-refractivity contribution in [3.63, 3.8) is 0 Å². The number of rotatable bonds is 7. The standard InChI is InChI=1S/C20H19ClN8OS2/c21-13-5-3-4-12(8-13)10-24-26-19-27-28-20(29(19)23)31-11-17(30)25-18-15(9-22)14-6-1-2-7-16(14)32-18/h3-5,8,10H,1-2,6-7,11,23H2,(H,25,30)(H,26,27)/b24-10+. The van der Waals surface area contributed by atoms with Gasteiger partial charge in [0, 0.05) is 9.90 Å². The summed E-state index contributed by atoms with van der Waals surface area (Å²) in [6, 6.07) is 9.46. The van der Waals surface area contributed by atoms with Gasteiger partial charge in [0.1, 0.15) is 11.1 Å². The lowest BCUT2D eigenvalue weighted by atomic mass is 9.96. The molecule has 1 amide bonds. The number of nitriles is 1. The van der Waals surface area contributed by atoms with Gasteiger partial charge in [-0.15, -0.1) is 21.5 Å². The number of hydrazone groups is 1. The van der Waals surface area contributed by atoms with Crippen molar-refractivity contribution in [2.24, 2.45) is 5.10 Å². The Hall–Kier alpha value is -3.07. The molecule has 0 unspecified atom stereocenters. The first-order valence-corrected chi connectivity index (χ1v) is 12.0. The molecule has 0 saturated carbocycles. The number of anilines is 2. The van der Waals surface area contributed by atoms with E-state index in [1.807, 2.05) is 12.1 Å². The third-order valence-electron chi connectivity index (χ3n) is 4.76. The molecule has 12 heteroatoms. The predicted octanol–water partition coefficient (Wildman–Crippen LogP) is 3.63. The van der Waals surface area contributed by atoms with Crippen molar-refractivity contribution < 1.29 is 4.79 Å². The summed E-state index contributed by atoms with van der Waals surface area (Å²) in [5.74, 6) is 6.07. The monoisotopic (exact) mass is 486 g/mol. The molecule has 1 aliphatic carbocycles. The molecule has 0 saturated heterocycles. The lowest BCUT2D eigenvalue weighted by Crippen LogP contribution is -2.17. The number of nitrogens with one attached hydrogen (secondary N) is 2. The van der Waals surface area contributed by atoms with Crippen LogP contribution in [0.3, 0.4) is 0 Å². The van der Waals surface area contributed by atoms with Crippen LogP contribution in [-0.4, -0.2) is 32.7 Å². The van der Waals surface area contributed by atoms with E-state index in [0.717, 1.165) is 48.6 Å². The Morgan fingerprint density at radius 1 is 1.41 bits per heavy atom. The van der Waals surface area contributed by atoms with E-state index in [2.05, 4.69) is 32.1 Å². The fourth-order valence-corrected chi connectivity index (χ4v) is 5.38. The number of nitrogens with two attached hydrogens (primary N) is 1. The molecule has 164 valence electrons. The molecule has 3 aromatic rings. The van der Waals surface area contributed by atoms with Gasteiger partial charge in [-0.3, -0.25) is 4.79 Å². The number of amides is 1. The van der Waals surface area contributed by atoms with Gasteiger partial charge in [0.15, 0.2) is 0 Å². The van der Waals surface area contributed by atoms with Crippen LogP contribution in [0.2, 0.25) is 5.02 Å². The van der Waals surface area contributed by atoms with Crippen molar-refractivity contribution in [2.75, 3.05) is 22.3 Å². The minimum absolute atomic E-state index is 0.0779. The van der Waals surface area contributed by atoms with Crippen LogP contribution in [0.1, 0.15) is 34.4 Å². The molecule has 0 spiro atoms. The first kappa shape index (κ1) is 22.1. The lowest BCUT2D eigenvalue weighted by Gasteiger charge is -2.09. The molecule has 4 rings (SSSR count). The molecule has 4 N–H and O–H groups in total. The van der Waals surface area contributed by atoms with Gasteiger partial charge >= 0.3 is 0 Å². The molecule has 0 radical (unpaired) electrons.